The molecule has 1 aromatic rings. The van der Waals surface area contributed by atoms with E-state index in [1.165, 1.54) is 11.8 Å². The molecule has 0 amide bonds. The third kappa shape index (κ3) is 7.15. The summed E-state index contributed by atoms with van der Waals surface area (Å²) in [5.74, 6) is 0.640. The van der Waals surface area contributed by atoms with Crippen LogP contribution in [-0.2, 0) is 21.0 Å². The zero-order chi connectivity index (χ0) is 21.5. The van der Waals surface area contributed by atoms with Crippen LogP contribution >= 0.6 is 11.6 Å². The second-order valence-electron chi connectivity index (χ2n) is 8.59. The first-order chi connectivity index (χ1) is 13.6. The van der Waals surface area contributed by atoms with Crippen LogP contribution in [0.3, 0.4) is 0 Å². The Hall–Kier alpha value is -1.31. The monoisotopic (exact) mass is 443 g/mol. The lowest BCUT2D eigenvalue weighted by atomic mass is 9.86. The first kappa shape index (κ1) is 24.0. The van der Waals surface area contributed by atoms with Crippen molar-refractivity contribution in [2.24, 2.45) is 10.4 Å². The van der Waals surface area contributed by atoms with Gasteiger partial charge in [0.2, 0.25) is 0 Å². The van der Waals surface area contributed by atoms with Gasteiger partial charge in [0.05, 0.1) is 4.75 Å². The summed E-state index contributed by atoms with van der Waals surface area (Å²) in [5, 5.41) is 7.23. The lowest BCUT2D eigenvalue weighted by Crippen LogP contribution is -2.53. The Morgan fingerprint density at radius 2 is 1.97 bits per heavy atom. The van der Waals surface area contributed by atoms with E-state index in [9.17, 15) is 8.42 Å². The molecule has 2 rings (SSSR count). The van der Waals surface area contributed by atoms with Crippen molar-refractivity contribution in [1.29, 1.82) is 0 Å². The van der Waals surface area contributed by atoms with Crippen LogP contribution in [0.25, 0.3) is 0 Å². The van der Waals surface area contributed by atoms with Gasteiger partial charge in [-0.1, -0.05) is 37.6 Å². The largest absolute Gasteiger partial charge is 0.381 e. The van der Waals surface area contributed by atoms with Crippen molar-refractivity contribution in [2.45, 2.75) is 44.8 Å². The standard InChI is InChI=1S/C21H34ClN3O3S/c1-5-23-19(25-16-21(29(4,26)27)9-11-28-12-10-21)24-15-20(2,3)14-17-7-6-8-18(22)13-17/h6-8,13H,5,9-12,14-16H2,1-4H3,(H2,23,24,25). The summed E-state index contributed by atoms with van der Waals surface area (Å²) in [5.41, 5.74) is 1.11. The SMILES string of the molecule is CCNC(=NCC(C)(C)Cc1cccc(Cl)c1)NCC1(S(C)(=O)=O)CCOCC1. The molecule has 0 radical (unpaired) electrons. The molecule has 0 atom stereocenters. The summed E-state index contributed by atoms with van der Waals surface area (Å²) in [4.78, 5) is 4.74. The Kier molecular flexibility index (Phi) is 8.37. The molecule has 2 N–H and O–H groups in total. The molecule has 0 aliphatic carbocycles. The number of halogens is 1. The molecular formula is C21H34ClN3O3S. The maximum atomic E-state index is 12.5. The van der Waals surface area contributed by atoms with Crippen molar-refractivity contribution >= 4 is 27.4 Å². The van der Waals surface area contributed by atoms with Crippen LogP contribution in [-0.4, -0.2) is 58.2 Å². The molecule has 164 valence electrons. The quantitative estimate of drug-likeness (QED) is 0.476. The molecule has 6 nitrogen and oxygen atoms in total. The molecule has 1 saturated heterocycles. The Labute approximate surface area is 180 Å². The van der Waals surface area contributed by atoms with Gasteiger partial charge >= 0.3 is 0 Å². The fraction of sp³-hybridized carbons (Fsp3) is 0.667. The van der Waals surface area contributed by atoms with Crippen LogP contribution in [0.5, 0.6) is 0 Å². The van der Waals surface area contributed by atoms with Crippen molar-refractivity contribution in [3.63, 3.8) is 0 Å². The first-order valence-electron chi connectivity index (χ1n) is 10.1. The number of guanidine groups is 1. The van der Waals surface area contributed by atoms with Gasteiger partial charge in [-0.3, -0.25) is 4.99 Å². The number of sulfone groups is 1. The van der Waals surface area contributed by atoms with E-state index in [-0.39, 0.29) is 5.41 Å². The highest BCUT2D eigenvalue weighted by molar-refractivity contribution is 7.92. The van der Waals surface area contributed by atoms with Gasteiger partial charge in [-0.25, -0.2) is 8.42 Å². The topological polar surface area (TPSA) is 79.8 Å². The van der Waals surface area contributed by atoms with Gasteiger partial charge < -0.3 is 15.4 Å². The van der Waals surface area contributed by atoms with Gasteiger partial charge in [-0.15, -0.1) is 0 Å². The molecule has 1 aliphatic rings. The number of nitrogens with zero attached hydrogens (tertiary/aromatic N) is 1. The molecule has 1 fully saturated rings. The van der Waals surface area contributed by atoms with Crippen LogP contribution in [0.4, 0.5) is 0 Å². The first-order valence-corrected chi connectivity index (χ1v) is 12.4. The Bertz CT molecular complexity index is 803. The van der Waals surface area contributed by atoms with E-state index in [1.54, 1.807) is 0 Å². The summed E-state index contributed by atoms with van der Waals surface area (Å²) in [7, 11) is -3.22. The van der Waals surface area contributed by atoms with Crippen molar-refractivity contribution < 1.29 is 13.2 Å². The minimum absolute atomic E-state index is 0.0692. The molecule has 0 aromatic heterocycles. The summed E-state index contributed by atoms with van der Waals surface area (Å²) in [6, 6.07) is 7.89. The minimum atomic E-state index is -3.22. The van der Waals surface area contributed by atoms with Crippen LogP contribution in [0.1, 0.15) is 39.2 Å². The van der Waals surface area contributed by atoms with Crippen LogP contribution in [0.2, 0.25) is 5.02 Å². The molecule has 1 aromatic carbocycles. The Morgan fingerprint density at radius 3 is 2.55 bits per heavy atom. The number of hydrogen-bond acceptors (Lipinski definition) is 4. The molecule has 1 aliphatic heterocycles. The molecule has 0 saturated carbocycles. The van der Waals surface area contributed by atoms with E-state index in [2.05, 4.69) is 30.5 Å². The summed E-state index contributed by atoms with van der Waals surface area (Å²) in [6.45, 7) is 8.89. The van der Waals surface area contributed by atoms with Crippen LogP contribution in [0.15, 0.2) is 29.3 Å². The van der Waals surface area contributed by atoms with E-state index in [0.29, 0.717) is 51.6 Å². The van der Waals surface area contributed by atoms with E-state index in [0.717, 1.165) is 11.4 Å². The van der Waals surface area contributed by atoms with Crippen molar-refractivity contribution in [2.75, 3.05) is 39.1 Å². The minimum Gasteiger partial charge on any atom is -0.381 e. The highest BCUT2D eigenvalue weighted by Crippen LogP contribution is 2.28. The van der Waals surface area contributed by atoms with Crippen LogP contribution < -0.4 is 10.6 Å². The van der Waals surface area contributed by atoms with Gasteiger partial charge in [-0.2, -0.15) is 0 Å². The summed E-state index contributed by atoms with van der Waals surface area (Å²) in [6.07, 6.45) is 3.16. The molecule has 8 heteroatoms. The number of ether oxygens (including phenoxy) is 1. The lowest BCUT2D eigenvalue weighted by molar-refractivity contribution is 0.0756. The second kappa shape index (κ2) is 10.1. The van der Waals surface area contributed by atoms with Gasteiger partial charge in [-0.05, 0) is 49.3 Å². The summed E-state index contributed by atoms with van der Waals surface area (Å²) < 4.78 is 29.5. The predicted octanol–water partition coefficient (Wildman–Crippen LogP) is 3.06. The van der Waals surface area contributed by atoms with Gasteiger partial charge in [0.15, 0.2) is 15.8 Å². The van der Waals surface area contributed by atoms with Crippen molar-refractivity contribution in [3.8, 4) is 0 Å². The highest BCUT2D eigenvalue weighted by Gasteiger charge is 2.42. The highest BCUT2D eigenvalue weighted by atomic mass is 35.5. The van der Waals surface area contributed by atoms with Crippen LogP contribution in [0, 0.1) is 5.41 Å². The van der Waals surface area contributed by atoms with Gasteiger partial charge in [0, 0.05) is 44.1 Å². The lowest BCUT2D eigenvalue weighted by Gasteiger charge is -2.36. The number of benzene rings is 1. The number of rotatable bonds is 8. The molecule has 0 spiro atoms. The van der Waals surface area contributed by atoms with Crippen molar-refractivity contribution in [1.82, 2.24) is 10.6 Å². The smallest absolute Gasteiger partial charge is 0.191 e. The maximum Gasteiger partial charge on any atom is 0.191 e. The fourth-order valence-corrected chi connectivity index (χ4v) is 5.01. The zero-order valence-corrected chi connectivity index (χ0v) is 19.5. The summed E-state index contributed by atoms with van der Waals surface area (Å²) >= 11 is 6.10. The molecule has 29 heavy (non-hydrogen) atoms. The fourth-order valence-electron chi connectivity index (χ4n) is 3.56. The average molecular weight is 444 g/mol. The molecule has 0 unspecified atom stereocenters. The number of hydrogen-bond donors (Lipinski definition) is 2. The molecule has 1 heterocycles. The Morgan fingerprint density at radius 1 is 1.28 bits per heavy atom. The number of nitrogens with one attached hydrogen (secondary N) is 2. The van der Waals surface area contributed by atoms with E-state index in [4.69, 9.17) is 21.3 Å². The van der Waals surface area contributed by atoms with E-state index >= 15 is 0 Å². The second-order valence-corrected chi connectivity index (χ2v) is 11.4. The number of aliphatic imine (C=N–C) groups is 1. The van der Waals surface area contributed by atoms with E-state index in [1.807, 2.05) is 25.1 Å². The third-order valence-corrected chi connectivity index (χ3v) is 7.71. The zero-order valence-electron chi connectivity index (χ0n) is 17.9. The average Bonchev–Trinajstić information content (AvgIpc) is 2.63. The maximum absolute atomic E-state index is 12.5. The predicted molar refractivity (Wildman–Crippen MR) is 121 cm³/mol. The van der Waals surface area contributed by atoms with E-state index < -0.39 is 14.6 Å². The van der Waals surface area contributed by atoms with Gasteiger partial charge in [0.25, 0.3) is 0 Å². The van der Waals surface area contributed by atoms with Gasteiger partial charge in [0.1, 0.15) is 0 Å². The molecular weight excluding hydrogens is 410 g/mol. The Balaban J connectivity index is 2.06. The normalized spacial score (nSPS) is 17.8. The van der Waals surface area contributed by atoms with Crippen molar-refractivity contribution in [3.05, 3.63) is 34.9 Å². The molecule has 0 bridgehead atoms. The third-order valence-electron chi connectivity index (χ3n) is 5.35.